The van der Waals surface area contributed by atoms with Crippen LogP contribution < -0.4 is 10.2 Å². The number of hydroxylamine groups is 1. The summed E-state index contributed by atoms with van der Waals surface area (Å²) in [5, 5.41) is 0.589. The Bertz CT molecular complexity index is 466. The smallest absolute Gasteiger partial charge is 0.281 e. The fourth-order valence-electron chi connectivity index (χ4n) is 1.70. The summed E-state index contributed by atoms with van der Waals surface area (Å²) in [5.74, 6) is 0.166. The predicted octanol–water partition coefficient (Wildman–Crippen LogP) is 3.06. The van der Waals surface area contributed by atoms with Crippen LogP contribution in [0.1, 0.15) is 19.3 Å². The molecule has 0 spiro atoms. The van der Waals surface area contributed by atoms with Crippen LogP contribution in [0.15, 0.2) is 22.7 Å². The summed E-state index contributed by atoms with van der Waals surface area (Å²) in [5.41, 5.74) is 2.32. The van der Waals surface area contributed by atoms with Gasteiger partial charge in [0.15, 0.2) is 12.9 Å². The van der Waals surface area contributed by atoms with Crippen LogP contribution in [-0.4, -0.2) is 25.4 Å². The normalized spacial score (nSPS) is 18.6. The molecule has 5 nitrogen and oxygen atoms in total. The van der Waals surface area contributed by atoms with Crippen molar-refractivity contribution in [2.45, 2.75) is 25.6 Å². The molecule has 0 aromatic heterocycles. The molecular weight excluding hydrogens is 350 g/mol. The second-order valence-electron chi connectivity index (χ2n) is 4.30. The molecule has 1 fully saturated rings. The minimum absolute atomic E-state index is 0.146. The number of benzene rings is 1. The van der Waals surface area contributed by atoms with Gasteiger partial charge in [-0.3, -0.25) is 4.79 Å². The second-order valence-corrected chi connectivity index (χ2v) is 5.59. The zero-order valence-electron chi connectivity index (χ0n) is 10.7. The van der Waals surface area contributed by atoms with Gasteiger partial charge in [-0.05, 0) is 47.0 Å². The summed E-state index contributed by atoms with van der Waals surface area (Å²) < 4.78 is 11.4. The first kappa shape index (κ1) is 15.6. The van der Waals surface area contributed by atoms with E-state index in [4.69, 9.17) is 25.9 Å². The van der Waals surface area contributed by atoms with Crippen LogP contribution in [0.4, 0.5) is 0 Å². The molecule has 1 aromatic carbocycles. The summed E-state index contributed by atoms with van der Waals surface area (Å²) >= 11 is 9.12. The first-order chi connectivity index (χ1) is 9.65. The number of amides is 1. The van der Waals surface area contributed by atoms with Crippen molar-refractivity contribution in [1.82, 2.24) is 5.48 Å². The van der Waals surface area contributed by atoms with Crippen molar-refractivity contribution >= 4 is 33.4 Å². The van der Waals surface area contributed by atoms with Gasteiger partial charge in [0.1, 0.15) is 5.75 Å². The van der Waals surface area contributed by atoms with E-state index < -0.39 is 0 Å². The third kappa shape index (κ3) is 4.94. The Labute approximate surface area is 130 Å². The van der Waals surface area contributed by atoms with Crippen LogP contribution in [0.3, 0.4) is 0 Å². The topological polar surface area (TPSA) is 56.8 Å². The van der Waals surface area contributed by atoms with Crippen LogP contribution >= 0.6 is 27.5 Å². The molecule has 1 amide bonds. The molecule has 1 aliphatic rings. The maximum atomic E-state index is 11.6. The maximum Gasteiger partial charge on any atom is 0.281 e. The van der Waals surface area contributed by atoms with E-state index in [1.54, 1.807) is 18.2 Å². The summed E-state index contributed by atoms with van der Waals surface area (Å²) in [7, 11) is 0. The number of rotatable bonds is 5. The monoisotopic (exact) mass is 363 g/mol. The van der Waals surface area contributed by atoms with Crippen LogP contribution in [0.25, 0.3) is 0 Å². The van der Waals surface area contributed by atoms with Crippen LogP contribution in [0, 0.1) is 0 Å². The minimum Gasteiger partial charge on any atom is -0.483 e. The second kappa shape index (κ2) is 7.83. The van der Waals surface area contributed by atoms with Crippen molar-refractivity contribution in [2.75, 3.05) is 13.2 Å². The highest BCUT2D eigenvalue weighted by Gasteiger charge is 2.16. The number of ether oxygens (including phenoxy) is 2. The molecule has 0 radical (unpaired) electrons. The van der Waals surface area contributed by atoms with Gasteiger partial charge >= 0.3 is 0 Å². The SMILES string of the molecule is O=C(COc1ccc(Cl)cc1Br)NO[C@H]1CCCCO1. The molecular formula is C13H15BrClNO4. The van der Waals surface area contributed by atoms with Gasteiger partial charge in [-0.1, -0.05) is 11.6 Å². The minimum atomic E-state index is -0.374. The molecule has 0 unspecified atom stereocenters. The van der Waals surface area contributed by atoms with E-state index in [0.717, 1.165) is 19.3 Å². The number of halogens is 2. The van der Waals surface area contributed by atoms with E-state index in [9.17, 15) is 4.79 Å². The van der Waals surface area contributed by atoms with Crippen LogP contribution in [0.2, 0.25) is 5.02 Å². The lowest BCUT2D eigenvalue weighted by Crippen LogP contribution is -2.35. The zero-order chi connectivity index (χ0) is 14.4. The van der Waals surface area contributed by atoms with E-state index in [0.29, 0.717) is 21.9 Å². The summed E-state index contributed by atoms with van der Waals surface area (Å²) in [4.78, 5) is 16.7. The number of hydrogen-bond donors (Lipinski definition) is 1. The molecule has 2 rings (SSSR count). The molecule has 0 aliphatic carbocycles. The maximum absolute atomic E-state index is 11.6. The van der Waals surface area contributed by atoms with Crippen molar-refractivity contribution < 1.29 is 19.1 Å². The van der Waals surface area contributed by atoms with Gasteiger partial charge in [0.25, 0.3) is 5.91 Å². The average molecular weight is 365 g/mol. The lowest BCUT2D eigenvalue weighted by molar-refractivity contribution is -0.201. The molecule has 110 valence electrons. The summed E-state index contributed by atoms with van der Waals surface area (Å²) in [6.45, 7) is 0.516. The van der Waals surface area contributed by atoms with Gasteiger partial charge in [-0.2, -0.15) is 0 Å². The largest absolute Gasteiger partial charge is 0.483 e. The molecule has 1 saturated heterocycles. The van der Waals surface area contributed by atoms with Crippen molar-refractivity contribution in [3.63, 3.8) is 0 Å². The molecule has 20 heavy (non-hydrogen) atoms. The van der Waals surface area contributed by atoms with E-state index in [1.165, 1.54) is 0 Å². The Kier molecular flexibility index (Phi) is 6.09. The number of carbonyl (C=O) groups excluding carboxylic acids is 1. The number of carbonyl (C=O) groups is 1. The van der Waals surface area contributed by atoms with Crippen molar-refractivity contribution in [2.24, 2.45) is 0 Å². The van der Waals surface area contributed by atoms with E-state index in [2.05, 4.69) is 21.4 Å². The van der Waals surface area contributed by atoms with Gasteiger partial charge in [-0.15, -0.1) is 0 Å². The Balaban J connectivity index is 1.71. The third-order valence-corrected chi connectivity index (χ3v) is 3.55. The third-order valence-electron chi connectivity index (χ3n) is 2.69. The number of hydrogen-bond acceptors (Lipinski definition) is 4. The molecule has 1 atom stereocenters. The zero-order valence-corrected chi connectivity index (χ0v) is 13.1. The first-order valence-electron chi connectivity index (χ1n) is 6.29. The summed E-state index contributed by atoms with van der Waals surface area (Å²) in [6.07, 6.45) is 2.48. The van der Waals surface area contributed by atoms with Crippen molar-refractivity contribution in [3.05, 3.63) is 27.7 Å². The summed E-state index contributed by atoms with van der Waals surface area (Å²) in [6, 6.07) is 5.07. The van der Waals surface area contributed by atoms with Gasteiger partial charge in [0.2, 0.25) is 0 Å². The van der Waals surface area contributed by atoms with E-state index >= 15 is 0 Å². The quantitative estimate of drug-likeness (QED) is 0.816. The molecule has 1 heterocycles. The molecule has 0 saturated carbocycles. The molecule has 7 heteroatoms. The van der Waals surface area contributed by atoms with Crippen LogP contribution in [-0.2, 0) is 14.4 Å². The Morgan fingerprint density at radius 3 is 3.05 bits per heavy atom. The van der Waals surface area contributed by atoms with E-state index in [-0.39, 0.29) is 18.8 Å². The Morgan fingerprint density at radius 1 is 1.50 bits per heavy atom. The molecule has 1 N–H and O–H groups in total. The lowest BCUT2D eigenvalue weighted by atomic mass is 10.2. The fraction of sp³-hybridized carbons (Fsp3) is 0.462. The highest BCUT2D eigenvalue weighted by molar-refractivity contribution is 9.10. The Hall–Kier alpha value is -0.820. The highest BCUT2D eigenvalue weighted by Crippen LogP contribution is 2.27. The van der Waals surface area contributed by atoms with Gasteiger partial charge < -0.3 is 9.47 Å². The van der Waals surface area contributed by atoms with Crippen LogP contribution in [0.5, 0.6) is 5.75 Å². The Morgan fingerprint density at radius 2 is 2.35 bits per heavy atom. The lowest BCUT2D eigenvalue weighted by Gasteiger charge is -2.22. The van der Waals surface area contributed by atoms with Crippen molar-refractivity contribution in [3.8, 4) is 5.75 Å². The van der Waals surface area contributed by atoms with Crippen molar-refractivity contribution in [1.29, 1.82) is 0 Å². The molecule has 1 aromatic rings. The average Bonchev–Trinajstić information content (AvgIpc) is 2.45. The van der Waals surface area contributed by atoms with Gasteiger partial charge in [0, 0.05) is 18.1 Å². The van der Waals surface area contributed by atoms with E-state index in [1.807, 2.05) is 0 Å². The predicted molar refractivity (Wildman–Crippen MR) is 77.5 cm³/mol. The van der Waals surface area contributed by atoms with Gasteiger partial charge in [0.05, 0.1) is 4.47 Å². The highest BCUT2D eigenvalue weighted by atomic mass is 79.9. The first-order valence-corrected chi connectivity index (χ1v) is 7.46. The number of nitrogens with one attached hydrogen (secondary N) is 1. The fourth-order valence-corrected chi connectivity index (χ4v) is 2.50. The molecule has 1 aliphatic heterocycles. The van der Waals surface area contributed by atoms with Gasteiger partial charge in [-0.25, -0.2) is 10.3 Å². The standard InChI is InChI=1S/C13H15BrClNO4/c14-10-7-9(15)4-5-11(10)19-8-12(17)16-20-13-3-1-2-6-18-13/h4-5,7,13H,1-3,6,8H2,(H,16,17)/t13-/m0/s1. The molecule has 0 bridgehead atoms.